The number of hydrogen-bond donors (Lipinski definition) is 1. The van der Waals surface area contributed by atoms with Gasteiger partial charge in [-0.15, -0.1) is 5.10 Å². The molecule has 0 aromatic carbocycles. The Labute approximate surface area is 96.4 Å². The molecule has 1 fully saturated rings. The van der Waals surface area contributed by atoms with Gasteiger partial charge in [-0.3, -0.25) is 4.79 Å². The minimum Gasteiger partial charge on any atom is -0.316 e. The Kier molecular flexibility index (Phi) is 3.16. The summed E-state index contributed by atoms with van der Waals surface area (Å²) in [7, 11) is 1.73. The number of carbonyl (C=O) groups excluding carboxylic acids is 1. The van der Waals surface area contributed by atoms with E-state index in [1.807, 2.05) is 0 Å². The Morgan fingerprint density at radius 3 is 3.07 bits per heavy atom. The average molecular weight is 273 g/mol. The van der Waals surface area contributed by atoms with Crippen molar-refractivity contribution in [3.05, 3.63) is 10.3 Å². The highest BCUT2D eigenvalue weighted by Gasteiger charge is 2.23. The molecule has 1 aliphatic rings. The maximum absolute atomic E-state index is 11.9. The van der Waals surface area contributed by atoms with Crippen LogP contribution in [-0.4, -0.2) is 33.9 Å². The van der Waals surface area contributed by atoms with Gasteiger partial charge in [0.1, 0.15) is 5.69 Å². The number of aryl methyl sites for hydroxylation is 1. The maximum atomic E-state index is 11.9. The van der Waals surface area contributed by atoms with Gasteiger partial charge in [-0.25, -0.2) is 4.68 Å². The third-order valence-corrected chi connectivity index (χ3v) is 3.22. The summed E-state index contributed by atoms with van der Waals surface area (Å²) in [6.45, 7) is 1.96. The van der Waals surface area contributed by atoms with Gasteiger partial charge in [0.15, 0.2) is 10.4 Å². The predicted molar refractivity (Wildman–Crippen MR) is 58.6 cm³/mol. The molecule has 2 heterocycles. The summed E-state index contributed by atoms with van der Waals surface area (Å²) in [5.41, 5.74) is 0.571. The molecule has 0 amide bonds. The number of hydrogen-bond acceptors (Lipinski definition) is 4. The lowest BCUT2D eigenvalue weighted by molar-refractivity contribution is 0.0954. The Bertz CT molecular complexity index is 351. The Morgan fingerprint density at radius 1 is 1.73 bits per heavy atom. The van der Waals surface area contributed by atoms with Gasteiger partial charge in [0.2, 0.25) is 0 Å². The second kappa shape index (κ2) is 4.40. The smallest absolute Gasteiger partial charge is 0.184 e. The number of aromatic nitrogens is 3. The fourth-order valence-electron chi connectivity index (χ4n) is 1.87. The standard InChI is InChI=1S/C9H13BrN4O/c1-14-8(9(10)12-13-14)7(15)4-6-2-3-11-5-6/h6,11H,2-5H2,1H3. The van der Waals surface area contributed by atoms with Crippen molar-refractivity contribution in [1.82, 2.24) is 20.3 Å². The maximum Gasteiger partial charge on any atom is 0.184 e. The minimum absolute atomic E-state index is 0.114. The zero-order valence-corrected chi connectivity index (χ0v) is 10.1. The number of ketones is 1. The average Bonchev–Trinajstić information content (AvgIpc) is 2.77. The van der Waals surface area contributed by atoms with Crippen molar-refractivity contribution in [2.45, 2.75) is 12.8 Å². The minimum atomic E-state index is 0.114. The number of nitrogens with one attached hydrogen (secondary N) is 1. The fourth-order valence-corrected chi connectivity index (χ4v) is 2.42. The molecule has 0 bridgehead atoms. The van der Waals surface area contributed by atoms with Crippen LogP contribution in [0.5, 0.6) is 0 Å². The van der Waals surface area contributed by atoms with E-state index in [0.717, 1.165) is 19.5 Å². The van der Waals surface area contributed by atoms with Crippen LogP contribution in [0.15, 0.2) is 4.60 Å². The van der Waals surface area contributed by atoms with Gasteiger partial charge >= 0.3 is 0 Å². The van der Waals surface area contributed by atoms with Crippen LogP contribution in [0.3, 0.4) is 0 Å². The summed E-state index contributed by atoms with van der Waals surface area (Å²) in [6.07, 6.45) is 1.65. The first-order valence-corrected chi connectivity index (χ1v) is 5.77. The molecule has 2 rings (SSSR count). The van der Waals surface area contributed by atoms with Gasteiger partial charge in [-0.05, 0) is 41.4 Å². The molecule has 1 atom stereocenters. The lowest BCUT2D eigenvalue weighted by Crippen LogP contribution is -2.15. The highest BCUT2D eigenvalue weighted by atomic mass is 79.9. The molecule has 1 unspecified atom stereocenters. The molecule has 1 aromatic rings. The second-order valence-corrected chi connectivity index (χ2v) is 4.59. The fraction of sp³-hybridized carbons (Fsp3) is 0.667. The van der Waals surface area contributed by atoms with Gasteiger partial charge in [-0.2, -0.15) is 0 Å². The summed E-state index contributed by atoms with van der Waals surface area (Å²) in [5.74, 6) is 0.572. The summed E-state index contributed by atoms with van der Waals surface area (Å²) in [6, 6.07) is 0. The summed E-state index contributed by atoms with van der Waals surface area (Å²) in [5, 5.41) is 10.9. The van der Waals surface area contributed by atoms with Gasteiger partial charge in [0, 0.05) is 13.5 Å². The first-order valence-electron chi connectivity index (χ1n) is 4.97. The van der Waals surface area contributed by atoms with Crippen LogP contribution in [0.4, 0.5) is 0 Å². The topological polar surface area (TPSA) is 59.8 Å². The van der Waals surface area contributed by atoms with Crippen LogP contribution in [-0.2, 0) is 7.05 Å². The predicted octanol–water partition coefficient (Wildman–Crippen LogP) is 0.760. The molecule has 0 radical (unpaired) electrons. The van der Waals surface area contributed by atoms with Crippen LogP contribution in [0.1, 0.15) is 23.3 Å². The normalized spacial score (nSPS) is 20.8. The molecule has 82 valence electrons. The quantitative estimate of drug-likeness (QED) is 0.826. The Balaban J connectivity index is 2.07. The van der Waals surface area contributed by atoms with E-state index in [0.29, 0.717) is 22.6 Å². The van der Waals surface area contributed by atoms with Crippen LogP contribution in [0.2, 0.25) is 0 Å². The molecule has 5 nitrogen and oxygen atoms in total. The zero-order valence-electron chi connectivity index (χ0n) is 8.53. The summed E-state index contributed by atoms with van der Waals surface area (Å²) < 4.78 is 2.07. The largest absolute Gasteiger partial charge is 0.316 e. The van der Waals surface area contributed by atoms with E-state index >= 15 is 0 Å². The number of rotatable bonds is 3. The molecular weight excluding hydrogens is 260 g/mol. The molecule has 1 aromatic heterocycles. The summed E-state index contributed by atoms with van der Waals surface area (Å²) in [4.78, 5) is 11.9. The van der Waals surface area contributed by atoms with Crippen LogP contribution in [0.25, 0.3) is 0 Å². The molecule has 0 saturated carbocycles. The van der Waals surface area contributed by atoms with Crippen molar-refractivity contribution in [2.24, 2.45) is 13.0 Å². The zero-order chi connectivity index (χ0) is 10.8. The van der Waals surface area contributed by atoms with E-state index in [-0.39, 0.29) is 5.78 Å². The van der Waals surface area contributed by atoms with Crippen molar-refractivity contribution in [2.75, 3.05) is 13.1 Å². The van der Waals surface area contributed by atoms with E-state index in [1.165, 1.54) is 4.68 Å². The second-order valence-electron chi connectivity index (χ2n) is 3.84. The number of halogens is 1. The van der Waals surface area contributed by atoms with Crippen molar-refractivity contribution < 1.29 is 4.79 Å². The van der Waals surface area contributed by atoms with E-state index in [2.05, 4.69) is 31.6 Å². The third kappa shape index (κ3) is 2.26. The third-order valence-electron chi connectivity index (χ3n) is 2.69. The van der Waals surface area contributed by atoms with Crippen molar-refractivity contribution in [3.63, 3.8) is 0 Å². The first kappa shape index (κ1) is 10.8. The molecule has 0 aliphatic carbocycles. The van der Waals surface area contributed by atoms with Crippen molar-refractivity contribution in [3.8, 4) is 0 Å². The van der Waals surface area contributed by atoms with Gasteiger partial charge < -0.3 is 5.32 Å². The van der Waals surface area contributed by atoms with Crippen molar-refractivity contribution >= 4 is 21.7 Å². The number of Topliss-reactive ketones (excluding diaryl/α,β-unsaturated/α-hetero) is 1. The number of nitrogens with zero attached hydrogens (tertiary/aromatic N) is 3. The number of carbonyl (C=O) groups is 1. The Hall–Kier alpha value is -0.750. The molecule has 1 aliphatic heterocycles. The first-order chi connectivity index (χ1) is 7.18. The monoisotopic (exact) mass is 272 g/mol. The van der Waals surface area contributed by atoms with E-state index in [1.54, 1.807) is 7.05 Å². The van der Waals surface area contributed by atoms with Crippen LogP contribution < -0.4 is 5.32 Å². The SMILES string of the molecule is Cn1nnc(Br)c1C(=O)CC1CCNC1. The van der Waals surface area contributed by atoms with E-state index < -0.39 is 0 Å². The molecule has 1 N–H and O–H groups in total. The molecule has 15 heavy (non-hydrogen) atoms. The van der Waals surface area contributed by atoms with Crippen LogP contribution >= 0.6 is 15.9 Å². The molecular formula is C9H13BrN4O. The van der Waals surface area contributed by atoms with E-state index in [9.17, 15) is 4.79 Å². The van der Waals surface area contributed by atoms with Crippen LogP contribution in [0, 0.1) is 5.92 Å². The lowest BCUT2D eigenvalue weighted by Gasteiger charge is -2.06. The van der Waals surface area contributed by atoms with Gasteiger partial charge in [0.25, 0.3) is 0 Å². The van der Waals surface area contributed by atoms with E-state index in [4.69, 9.17) is 0 Å². The molecule has 0 spiro atoms. The lowest BCUT2D eigenvalue weighted by atomic mass is 10.0. The summed E-state index contributed by atoms with van der Waals surface area (Å²) >= 11 is 3.24. The highest BCUT2D eigenvalue weighted by Crippen LogP contribution is 2.19. The highest BCUT2D eigenvalue weighted by molar-refractivity contribution is 9.10. The molecule has 1 saturated heterocycles. The molecule has 6 heteroatoms. The van der Waals surface area contributed by atoms with Gasteiger partial charge in [-0.1, -0.05) is 5.21 Å². The van der Waals surface area contributed by atoms with Gasteiger partial charge in [0.05, 0.1) is 0 Å². The van der Waals surface area contributed by atoms with Crippen molar-refractivity contribution in [1.29, 1.82) is 0 Å². The Morgan fingerprint density at radius 2 is 2.53 bits per heavy atom.